The van der Waals surface area contributed by atoms with Crippen molar-refractivity contribution in [3.8, 4) is 5.69 Å². The summed E-state index contributed by atoms with van der Waals surface area (Å²) < 4.78 is 40.5. The second kappa shape index (κ2) is 7.90. The number of ketones is 1. The lowest BCUT2D eigenvalue weighted by atomic mass is 10.1. The Hall–Kier alpha value is -3.42. The van der Waals surface area contributed by atoms with Gasteiger partial charge in [0, 0.05) is 18.2 Å². The van der Waals surface area contributed by atoms with E-state index in [0.717, 1.165) is 15.8 Å². The summed E-state index contributed by atoms with van der Waals surface area (Å²) in [6, 6.07) is 14.0. The fraction of sp³-hybridized carbons (Fsp3) is 0.190. The van der Waals surface area contributed by atoms with Gasteiger partial charge >= 0.3 is 6.18 Å². The molecule has 1 heterocycles. The van der Waals surface area contributed by atoms with Crippen molar-refractivity contribution in [1.82, 2.24) is 15.1 Å². The van der Waals surface area contributed by atoms with E-state index >= 15 is 0 Å². The van der Waals surface area contributed by atoms with Gasteiger partial charge in [-0.05, 0) is 37.1 Å². The average molecular weight is 401 g/mol. The number of aromatic nitrogens is 2. The summed E-state index contributed by atoms with van der Waals surface area (Å²) >= 11 is 0. The standard InChI is InChI=1S/C21H18F3N3O2/c1-13-6-3-4-7-16(13)12-25-20(29)18-11-19(21(22,23)24)26-27(18)17-9-5-8-15(10-17)14(2)28/h3-11H,12H2,1-2H3,(H,25,29). The molecule has 3 rings (SSSR count). The maximum atomic E-state index is 13.2. The van der Waals surface area contributed by atoms with Crippen molar-refractivity contribution in [3.63, 3.8) is 0 Å². The summed E-state index contributed by atoms with van der Waals surface area (Å²) in [4.78, 5) is 24.3. The van der Waals surface area contributed by atoms with Crippen molar-refractivity contribution in [2.45, 2.75) is 26.6 Å². The molecule has 3 aromatic rings. The van der Waals surface area contributed by atoms with Crippen LogP contribution in [0.2, 0.25) is 0 Å². The van der Waals surface area contributed by atoms with E-state index in [2.05, 4.69) is 10.4 Å². The lowest BCUT2D eigenvalue weighted by Gasteiger charge is -2.10. The number of carbonyl (C=O) groups is 2. The fourth-order valence-corrected chi connectivity index (χ4v) is 2.81. The van der Waals surface area contributed by atoms with Gasteiger partial charge in [0.05, 0.1) is 5.69 Å². The van der Waals surface area contributed by atoms with Gasteiger partial charge in [-0.3, -0.25) is 9.59 Å². The first kappa shape index (κ1) is 20.3. The number of rotatable bonds is 5. The molecule has 1 N–H and O–H groups in total. The number of nitrogens with one attached hydrogen (secondary N) is 1. The highest BCUT2D eigenvalue weighted by Gasteiger charge is 2.36. The summed E-state index contributed by atoms with van der Waals surface area (Å²) in [5, 5.41) is 6.20. The number of halogens is 3. The first-order valence-electron chi connectivity index (χ1n) is 8.78. The van der Waals surface area contributed by atoms with Crippen molar-refractivity contribution in [2.24, 2.45) is 0 Å². The van der Waals surface area contributed by atoms with Crippen molar-refractivity contribution in [2.75, 3.05) is 0 Å². The van der Waals surface area contributed by atoms with Crippen LogP contribution in [0.1, 0.15) is 44.6 Å². The first-order valence-corrected chi connectivity index (χ1v) is 8.78. The van der Waals surface area contributed by atoms with Crippen LogP contribution in [0.15, 0.2) is 54.6 Å². The number of Topliss-reactive ketones (excluding diaryl/α,β-unsaturated/α-hetero) is 1. The van der Waals surface area contributed by atoms with Crippen LogP contribution in [-0.4, -0.2) is 21.5 Å². The summed E-state index contributed by atoms with van der Waals surface area (Å²) in [5.74, 6) is -0.954. The number of hydrogen-bond acceptors (Lipinski definition) is 3. The Morgan fingerprint density at radius 3 is 2.45 bits per heavy atom. The van der Waals surface area contributed by atoms with Gasteiger partial charge in [-0.1, -0.05) is 36.4 Å². The van der Waals surface area contributed by atoms with Crippen LogP contribution in [0, 0.1) is 6.92 Å². The molecule has 1 amide bonds. The van der Waals surface area contributed by atoms with Crippen LogP contribution in [0.3, 0.4) is 0 Å². The van der Waals surface area contributed by atoms with E-state index in [1.54, 1.807) is 0 Å². The fourth-order valence-electron chi connectivity index (χ4n) is 2.81. The van der Waals surface area contributed by atoms with Gasteiger partial charge in [0.15, 0.2) is 11.5 Å². The van der Waals surface area contributed by atoms with Gasteiger partial charge in [0.25, 0.3) is 5.91 Å². The number of alkyl halides is 3. The number of nitrogens with zero attached hydrogens (tertiary/aromatic N) is 2. The van der Waals surface area contributed by atoms with Crippen molar-refractivity contribution in [3.05, 3.63) is 82.7 Å². The summed E-state index contributed by atoms with van der Waals surface area (Å²) in [6.45, 7) is 3.38. The van der Waals surface area contributed by atoms with E-state index in [1.807, 2.05) is 31.2 Å². The lowest BCUT2D eigenvalue weighted by Crippen LogP contribution is -2.25. The maximum Gasteiger partial charge on any atom is 0.435 e. The smallest absolute Gasteiger partial charge is 0.347 e. The molecule has 0 atom stereocenters. The second-order valence-corrected chi connectivity index (χ2v) is 6.54. The third-order valence-electron chi connectivity index (χ3n) is 4.43. The number of amides is 1. The molecule has 0 saturated carbocycles. The predicted molar refractivity (Wildman–Crippen MR) is 101 cm³/mol. The summed E-state index contributed by atoms with van der Waals surface area (Å²) in [5.41, 5.74) is 0.832. The summed E-state index contributed by atoms with van der Waals surface area (Å²) in [6.07, 6.45) is -4.71. The zero-order valence-corrected chi connectivity index (χ0v) is 15.7. The molecule has 0 aliphatic heterocycles. The largest absolute Gasteiger partial charge is 0.435 e. The van der Waals surface area contributed by atoms with Crippen LogP contribution in [0.4, 0.5) is 13.2 Å². The Morgan fingerprint density at radius 1 is 1.07 bits per heavy atom. The van der Waals surface area contributed by atoms with Crippen LogP contribution < -0.4 is 5.32 Å². The third-order valence-corrected chi connectivity index (χ3v) is 4.43. The molecule has 0 aliphatic rings. The molecule has 5 nitrogen and oxygen atoms in total. The van der Waals surface area contributed by atoms with Gasteiger partial charge < -0.3 is 5.32 Å². The molecule has 8 heteroatoms. The third kappa shape index (κ3) is 4.53. The van der Waals surface area contributed by atoms with E-state index in [1.165, 1.54) is 31.2 Å². The molecule has 0 bridgehead atoms. The molecular weight excluding hydrogens is 383 g/mol. The predicted octanol–water partition coefficient (Wildman–Crippen LogP) is 4.33. The number of hydrogen-bond donors (Lipinski definition) is 1. The minimum atomic E-state index is -4.71. The first-order chi connectivity index (χ1) is 13.7. The summed E-state index contributed by atoms with van der Waals surface area (Å²) in [7, 11) is 0. The minimum Gasteiger partial charge on any atom is -0.347 e. The highest BCUT2D eigenvalue weighted by atomic mass is 19.4. The Labute approximate surface area is 165 Å². The minimum absolute atomic E-state index is 0.158. The Bertz CT molecular complexity index is 1070. The molecule has 0 saturated heterocycles. The molecule has 0 radical (unpaired) electrons. The normalized spacial score (nSPS) is 11.3. The highest BCUT2D eigenvalue weighted by Crippen LogP contribution is 2.29. The zero-order chi connectivity index (χ0) is 21.2. The number of carbonyl (C=O) groups excluding carboxylic acids is 2. The van der Waals surface area contributed by atoms with Crippen molar-refractivity contribution >= 4 is 11.7 Å². The van der Waals surface area contributed by atoms with Gasteiger partial charge in [-0.2, -0.15) is 18.3 Å². The van der Waals surface area contributed by atoms with Crippen molar-refractivity contribution in [1.29, 1.82) is 0 Å². The Morgan fingerprint density at radius 2 is 1.79 bits per heavy atom. The topological polar surface area (TPSA) is 64.0 Å². The molecule has 0 unspecified atom stereocenters. The molecule has 0 aliphatic carbocycles. The van der Waals surface area contributed by atoms with Crippen LogP contribution in [0.5, 0.6) is 0 Å². The highest BCUT2D eigenvalue weighted by molar-refractivity contribution is 5.95. The van der Waals surface area contributed by atoms with Gasteiger partial charge in [0.1, 0.15) is 5.69 Å². The molecule has 1 aromatic heterocycles. The van der Waals surface area contributed by atoms with E-state index in [9.17, 15) is 22.8 Å². The monoisotopic (exact) mass is 401 g/mol. The molecule has 150 valence electrons. The van der Waals surface area contributed by atoms with Gasteiger partial charge in [-0.15, -0.1) is 0 Å². The van der Waals surface area contributed by atoms with Crippen LogP contribution in [-0.2, 0) is 12.7 Å². The average Bonchev–Trinajstić information content (AvgIpc) is 3.13. The second-order valence-electron chi connectivity index (χ2n) is 6.54. The van der Waals surface area contributed by atoms with Crippen LogP contribution >= 0.6 is 0 Å². The molecule has 0 fully saturated rings. The molecule has 2 aromatic carbocycles. The Balaban J connectivity index is 1.98. The van der Waals surface area contributed by atoms with Gasteiger partial charge in [0.2, 0.25) is 0 Å². The quantitative estimate of drug-likeness (QED) is 0.647. The molecule has 0 spiro atoms. The molecular formula is C21H18F3N3O2. The maximum absolute atomic E-state index is 13.2. The van der Waals surface area contributed by atoms with Crippen molar-refractivity contribution < 1.29 is 22.8 Å². The molecule has 29 heavy (non-hydrogen) atoms. The van der Waals surface area contributed by atoms with E-state index < -0.39 is 17.8 Å². The van der Waals surface area contributed by atoms with E-state index in [0.29, 0.717) is 11.6 Å². The SMILES string of the molecule is CC(=O)c1cccc(-n2nc(C(F)(F)F)cc2C(=O)NCc2ccccc2C)c1. The Kier molecular flexibility index (Phi) is 5.54. The zero-order valence-electron chi connectivity index (χ0n) is 15.7. The van der Waals surface area contributed by atoms with E-state index in [4.69, 9.17) is 0 Å². The van der Waals surface area contributed by atoms with Gasteiger partial charge in [-0.25, -0.2) is 4.68 Å². The number of benzene rings is 2. The lowest BCUT2D eigenvalue weighted by molar-refractivity contribution is -0.141. The van der Waals surface area contributed by atoms with E-state index in [-0.39, 0.29) is 23.7 Å². The number of aryl methyl sites for hydroxylation is 1. The van der Waals surface area contributed by atoms with Crippen LogP contribution in [0.25, 0.3) is 5.69 Å².